The number of halogens is 4. The molecule has 0 aliphatic carbocycles. The highest BCUT2D eigenvalue weighted by Crippen LogP contribution is 2.30. The van der Waals surface area contributed by atoms with Crippen LogP contribution in [-0.2, 0) is 0 Å². The predicted octanol–water partition coefficient (Wildman–Crippen LogP) is 3.90. The molecular weight excluding hydrogens is 287 g/mol. The molecule has 0 radical (unpaired) electrons. The summed E-state index contributed by atoms with van der Waals surface area (Å²) < 4.78 is 40.8. The van der Waals surface area contributed by atoms with Gasteiger partial charge in [0, 0.05) is 16.1 Å². The first-order valence-electron chi connectivity index (χ1n) is 4.26. The van der Waals surface area contributed by atoms with Crippen molar-refractivity contribution in [3.8, 4) is 5.75 Å². The lowest BCUT2D eigenvalue weighted by Crippen LogP contribution is -2.17. The van der Waals surface area contributed by atoms with E-state index in [0.717, 1.165) is 0 Å². The van der Waals surface area contributed by atoms with Gasteiger partial charge in [-0.15, -0.1) is 13.2 Å². The maximum atomic E-state index is 12.1. The van der Waals surface area contributed by atoms with E-state index >= 15 is 0 Å². The van der Waals surface area contributed by atoms with Crippen molar-refractivity contribution in [3.63, 3.8) is 0 Å². The predicted molar refractivity (Wildman–Crippen MR) is 56.1 cm³/mol. The summed E-state index contributed by atoms with van der Waals surface area (Å²) in [7, 11) is 0. The molecule has 16 heavy (non-hydrogen) atoms. The second kappa shape index (κ2) is 3.93. The molecule has 0 atom stereocenters. The summed E-state index contributed by atoms with van der Waals surface area (Å²) in [6, 6.07) is 6.05. The highest BCUT2D eigenvalue weighted by molar-refractivity contribution is 9.10. The van der Waals surface area contributed by atoms with Crippen molar-refractivity contribution >= 4 is 26.8 Å². The first-order chi connectivity index (χ1) is 7.46. The van der Waals surface area contributed by atoms with Crippen molar-refractivity contribution in [2.45, 2.75) is 6.36 Å². The van der Waals surface area contributed by atoms with E-state index in [-0.39, 0.29) is 11.3 Å². The Kier molecular flexibility index (Phi) is 2.75. The number of hydrogen-bond acceptors (Lipinski definition) is 2. The number of fused-ring (bicyclic) bond motifs is 1. The van der Waals surface area contributed by atoms with Crippen LogP contribution in [-0.4, -0.2) is 11.3 Å². The number of pyridine rings is 1. The van der Waals surface area contributed by atoms with Crippen LogP contribution in [0.15, 0.2) is 34.9 Å². The van der Waals surface area contributed by atoms with Gasteiger partial charge in [-0.3, -0.25) is 4.98 Å². The molecule has 0 bridgehead atoms. The Hall–Kier alpha value is -1.30. The second-order valence-corrected chi connectivity index (χ2v) is 3.94. The number of ether oxygens (including phenoxy) is 1. The molecule has 6 heteroatoms. The Labute approximate surface area is 97.2 Å². The van der Waals surface area contributed by atoms with Gasteiger partial charge in [-0.2, -0.15) is 0 Å². The summed E-state index contributed by atoms with van der Waals surface area (Å²) >= 11 is 3.19. The van der Waals surface area contributed by atoms with E-state index in [0.29, 0.717) is 9.86 Å². The zero-order chi connectivity index (χ0) is 11.8. The van der Waals surface area contributed by atoms with Crippen LogP contribution in [0.4, 0.5) is 13.2 Å². The lowest BCUT2D eigenvalue weighted by Gasteiger charge is -2.10. The van der Waals surface area contributed by atoms with Gasteiger partial charge in [-0.05, 0) is 28.1 Å². The highest BCUT2D eigenvalue weighted by Gasteiger charge is 2.31. The zero-order valence-electron chi connectivity index (χ0n) is 7.75. The topological polar surface area (TPSA) is 22.1 Å². The van der Waals surface area contributed by atoms with Crippen LogP contribution < -0.4 is 4.74 Å². The Balaban J connectivity index is 2.54. The molecule has 1 aromatic heterocycles. The summed E-state index contributed by atoms with van der Waals surface area (Å²) in [5.41, 5.74) is 0.183. The molecule has 0 saturated heterocycles. The maximum absolute atomic E-state index is 12.1. The van der Waals surface area contributed by atoms with Gasteiger partial charge in [0.2, 0.25) is 0 Å². The third-order valence-electron chi connectivity index (χ3n) is 1.87. The molecule has 0 spiro atoms. The number of aromatic nitrogens is 1. The van der Waals surface area contributed by atoms with E-state index in [9.17, 15) is 13.2 Å². The molecular formula is C10H5BrF3NO. The van der Waals surface area contributed by atoms with E-state index in [4.69, 9.17) is 0 Å². The summed E-state index contributed by atoms with van der Waals surface area (Å²) in [6.45, 7) is 0. The normalized spacial score (nSPS) is 11.8. The number of hydrogen-bond donors (Lipinski definition) is 0. The molecule has 84 valence electrons. The zero-order valence-corrected chi connectivity index (χ0v) is 9.34. The molecule has 0 N–H and O–H groups in total. The first-order valence-corrected chi connectivity index (χ1v) is 5.05. The smallest absolute Gasteiger partial charge is 0.403 e. The van der Waals surface area contributed by atoms with Gasteiger partial charge in [0.25, 0.3) is 0 Å². The fourth-order valence-corrected chi connectivity index (χ4v) is 1.66. The maximum Gasteiger partial charge on any atom is 0.573 e. The summed E-state index contributed by atoms with van der Waals surface area (Å²) in [4.78, 5) is 3.89. The lowest BCUT2D eigenvalue weighted by molar-refractivity contribution is -0.274. The van der Waals surface area contributed by atoms with Crippen molar-refractivity contribution in [1.82, 2.24) is 4.98 Å². The Morgan fingerprint density at radius 2 is 2.00 bits per heavy atom. The third-order valence-corrected chi connectivity index (χ3v) is 2.30. The van der Waals surface area contributed by atoms with Crippen molar-refractivity contribution in [1.29, 1.82) is 0 Å². The minimum absolute atomic E-state index is 0.183. The largest absolute Gasteiger partial charge is 0.573 e. The van der Waals surface area contributed by atoms with E-state index in [2.05, 4.69) is 25.7 Å². The van der Waals surface area contributed by atoms with Crippen LogP contribution in [0.3, 0.4) is 0 Å². The summed E-state index contributed by atoms with van der Waals surface area (Å²) in [5, 5.41) is 0.580. The Bertz CT molecular complexity index is 527. The van der Waals surface area contributed by atoms with E-state index in [1.54, 1.807) is 12.1 Å². The molecule has 0 fully saturated rings. The van der Waals surface area contributed by atoms with Crippen LogP contribution in [0, 0.1) is 0 Å². The molecule has 1 aromatic carbocycles. The van der Waals surface area contributed by atoms with Gasteiger partial charge in [-0.1, -0.05) is 12.1 Å². The number of nitrogens with zero attached hydrogens (tertiary/aromatic N) is 1. The molecule has 0 saturated carbocycles. The monoisotopic (exact) mass is 291 g/mol. The lowest BCUT2D eigenvalue weighted by atomic mass is 10.2. The van der Waals surface area contributed by atoms with Crippen LogP contribution in [0.1, 0.15) is 0 Å². The number of benzene rings is 1. The average Bonchev–Trinajstić information content (AvgIpc) is 2.15. The van der Waals surface area contributed by atoms with Crippen molar-refractivity contribution in [3.05, 3.63) is 34.9 Å². The SMILES string of the molecule is FC(F)(F)Oc1cccc2cc(Br)cnc12. The van der Waals surface area contributed by atoms with Crippen molar-refractivity contribution in [2.24, 2.45) is 0 Å². The van der Waals surface area contributed by atoms with Gasteiger partial charge in [-0.25, -0.2) is 0 Å². The van der Waals surface area contributed by atoms with E-state index in [1.165, 1.54) is 18.3 Å². The van der Waals surface area contributed by atoms with Gasteiger partial charge in [0.15, 0.2) is 5.75 Å². The fraction of sp³-hybridized carbons (Fsp3) is 0.100. The Morgan fingerprint density at radius 3 is 2.69 bits per heavy atom. The van der Waals surface area contributed by atoms with Gasteiger partial charge in [0.05, 0.1) is 0 Å². The molecule has 2 aromatic rings. The van der Waals surface area contributed by atoms with Crippen molar-refractivity contribution < 1.29 is 17.9 Å². The summed E-state index contributed by atoms with van der Waals surface area (Å²) in [5.74, 6) is -0.294. The van der Waals surface area contributed by atoms with Gasteiger partial charge >= 0.3 is 6.36 Å². The van der Waals surface area contributed by atoms with Gasteiger partial charge < -0.3 is 4.74 Å². The number of alkyl halides is 3. The van der Waals surface area contributed by atoms with Crippen molar-refractivity contribution in [2.75, 3.05) is 0 Å². The highest BCUT2D eigenvalue weighted by atomic mass is 79.9. The fourth-order valence-electron chi connectivity index (χ4n) is 1.31. The number of para-hydroxylation sites is 1. The van der Waals surface area contributed by atoms with E-state index < -0.39 is 6.36 Å². The Morgan fingerprint density at radius 1 is 1.25 bits per heavy atom. The molecule has 0 aliphatic heterocycles. The van der Waals surface area contributed by atoms with Crippen LogP contribution in [0.25, 0.3) is 10.9 Å². The quantitative estimate of drug-likeness (QED) is 0.795. The number of rotatable bonds is 1. The standard InChI is InChI=1S/C10H5BrF3NO/c11-7-4-6-2-1-3-8(9(6)15-5-7)16-10(12,13)14/h1-5H. The molecule has 1 heterocycles. The third kappa shape index (κ3) is 2.44. The molecule has 2 nitrogen and oxygen atoms in total. The minimum atomic E-state index is -4.71. The van der Waals surface area contributed by atoms with Crippen LogP contribution >= 0.6 is 15.9 Å². The minimum Gasteiger partial charge on any atom is -0.403 e. The molecule has 2 rings (SSSR count). The van der Waals surface area contributed by atoms with E-state index in [1.807, 2.05) is 0 Å². The molecule has 0 aliphatic rings. The van der Waals surface area contributed by atoms with Crippen LogP contribution in [0.2, 0.25) is 0 Å². The summed E-state index contributed by atoms with van der Waals surface area (Å²) in [6.07, 6.45) is -3.28. The molecule has 0 unspecified atom stereocenters. The van der Waals surface area contributed by atoms with Gasteiger partial charge in [0.1, 0.15) is 5.52 Å². The first kappa shape index (κ1) is 11.2. The average molecular weight is 292 g/mol. The molecule has 0 amide bonds. The second-order valence-electron chi connectivity index (χ2n) is 3.03. The van der Waals surface area contributed by atoms with Crippen LogP contribution in [0.5, 0.6) is 5.75 Å².